The smallest absolute Gasteiger partial charge is 0.306 e. The van der Waals surface area contributed by atoms with Crippen LogP contribution in [0.25, 0.3) is 11.2 Å². The van der Waals surface area contributed by atoms with Gasteiger partial charge in [0.15, 0.2) is 12.1 Å². The number of nitrogens with one attached hydrogen (secondary N) is 3. The van der Waals surface area contributed by atoms with Crippen LogP contribution in [0.1, 0.15) is 44.9 Å². The molecule has 1 saturated carbocycles. The lowest BCUT2D eigenvalue weighted by Gasteiger charge is -2.21. The number of rotatable bonds is 2. The van der Waals surface area contributed by atoms with Gasteiger partial charge in [-0.2, -0.15) is 4.98 Å². The molecule has 0 spiro atoms. The maximum absolute atomic E-state index is 5.96. The molecule has 2 aromatic rings. The Kier molecular flexibility index (Phi) is 3.82. The Morgan fingerprint density at radius 2 is 1.89 bits per heavy atom. The van der Waals surface area contributed by atoms with Crippen molar-refractivity contribution in [2.24, 2.45) is 0 Å². The number of nitrogens with zero attached hydrogens (tertiary/aromatic N) is 2. The Morgan fingerprint density at radius 1 is 1.16 bits per heavy atom. The molecule has 3 rings (SSSR count). The van der Waals surface area contributed by atoms with E-state index in [0.29, 0.717) is 6.04 Å². The minimum atomic E-state index is 0.275. The van der Waals surface area contributed by atoms with Gasteiger partial charge >= 0.3 is 10.9 Å². The highest BCUT2D eigenvalue weighted by atomic mass is 35.5. The molecule has 0 bridgehead atoms. The van der Waals surface area contributed by atoms with Gasteiger partial charge in [-0.1, -0.05) is 37.1 Å². The van der Waals surface area contributed by atoms with Gasteiger partial charge in [-0.05, 0) is 24.4 Å². The SMILES string of the molecule is Clc1nc(NC2CCCCCCC2)c2[nH]c[nH+]c2n1. The van der Waals surface area contributed by atoms with Crippen LogP contribution >= 0.6 is 11.6 Å². The molecule has 0 atom stereocenters. The van der Waals surface area contributed by atoms with Gasteiger partial charge < -0.3 is 5.32 Å². The summed E-state index contributed by atoms with van der Waals surface area (Å²) in [5, 5.41) is 3.81. The molecule has 102 valence electrons. The maximum atomic E-state index is 5.96. The van der Waals surface area contributed by atoms with Crippen molar-refractivity contribution >= 4 is 28.6 Å². The largest absolute Gasteiger partial charge is 0.364 e. The molecule has 19 heavy (non-hydrogen) atoms. The lowest BCUT2D eigenvalue weighted by Crippen LogP contribution is -2.21. The van der Waals surface area contributed by atoms with E-state index >= 15 is 0 Å². The number of halogens is 1. The number of hydrogen-bond acceptors (Lipinski definition) is 3. The van der Waals surface area contributed by atoms with Gasteiger partial charge in [0.05, 0.1) is 0 Å². The van der Waals surface area contributed by atoms with E-state index in [4.69, 9.17) is 11.6 Å². The van der Waals surface area contributed by atoms with E-state index in [1.54, 1.807) is 6.33 Å². The summed E-state index contributed by atoms with van der Waals surface area (Å²) in [5.41, 5.74) is 1.64. The predicted octanol–water partition coefficient (Wildman–Crippen LogP) is 2.95. The molecule has 6 heteroatoms. The molecular formula is C13H19ClN5+. The fraction of sp³-hybridized carbons (Fsp3) is 0.615. The van der Waals surface area contributed by atoms with E-state index in [9.17, 15) is 0 Å². The number of fused-ring (bicyclic) bond motifs is 1. The van der Waals surface area contributed by atoms with Gasteiger partial charge in [-0.25, -0.2) is 4.98 Å². The molecule has 0 radical (unpaired) electrons. The highest BCUT2D eigenvalue weighted by molar-refractivity contribution is 6.28. The van der Waals surface area contributed by atoms with Crippen molar-refractivity contribution in [3.8, 4) is 0 Å². The first-order chi connectivity index (χ1) is 9.33. The molecule has 0 amide bonds. The van der Waals surface area contributed by atoms with Crippen molar-refractivity contribution in [1.29, 1.82) is 0 Å². The summed E-state index contributed by atoms with van der Waals surface area (Å²) in [7, 11) is 0. The Bertz CT molecular complexity index is 545. The van der Waals surface area contributed by atoms with Crippen LogP contribution in [0.5, 0.6) is 0 Å². The molecule has 5 nitrogen and oxygen atoms in total. The van der Waals surface area contributed by atoms with Gasteiger partial charge in [0.1, 0.15) is 0 Å². The van der Waals surface area contributed by atoms with Gasteiger partial charge in [-0.3, -0.25) is 4.98 Å². The third-order valence-electron chi connectivity index (χ3n) is 3.75. The molecule has 2 aromatic heterocycles. The molecule has 1 aliphatic carbocycles. The van der Waals surface area contributed by atoms with Crippen molar-refractivity contribution in [3.05, 3.63) is 11.6 Å². The number of aromatic nitrogens is 4. The molecule has 0 aromatic carbocycles. The highest BCUT2D eigenvalue weighted by Gasteiger charge is 2.18. The predicted molar refractivity (Wildman–Crippen MR) is 75.2 cm³/mol. The monoisotopic (exact) mass is 280 g/mol. The standard InChI is InChI=1S/C13H18ClN5/c14-13-18-11-10(15-8-16-11)12(19-13)17-9-6-4-2-1-3-5-7-9/h8-9H,1-7H2,(H2,15,16,17,18,19)/p+1. The number of imidazole rings is 1. The molecular weight excluding hydrogens is 262 g/mol. The quantitative estimate of drug-likeness (QED) is 0.831. The van der Waals surface area contributed by atoms with Crippen molar-refractivity contribution in [1.82, 2.24) is 15.0 Å². The van der Waals surface area contributed by atoms with E-state index in [-0.39, 0.29) is 5.28 Å². The Labute approximate surface area is 117 Å². The van der Waals surface area contributed by atoms with E-state index < -0.39 is 0 Å². The van der Waals surface area contributed by atoms with E-state index in [2.05, 4.69) is 25.3 Å². The summed E-state index contributed by atoms with van der Waals surface area (Å²) in [6, 6.07) is 0.484. The average Bonchev–Trinajstić information content (AvgIpc) is 2.80. The van der Waals surface area contributed by atoms with Crippen LogP contribution in [-0.2, 0) is 0 Å². The van der Waals surface area contributed by atoms with E-state index in [0.717, 1.165) is 17.0 Å². The van der Waals surface area contributed by atoms with Gasteiger partial charge in [0, 0.05) is 6.04 Å². The number of H-pyrrole nitrogens is 2. The zero-order chi connectivity index (χ0) is 13.1. The van der Waals surface area contributed by atoms with Crippen LogP contribution in [0.15, 0.2) is 6.33 Å². The minimum Gasteiger partial charge on any atom is -0.364 e. The highest BCUT2D eigenvalue weighted by Crippen LogP contribution is 2.23. The summed E-state index contributed by atoms with van der Waals surface area (Å²) < 4.78 is 0. The first kappa shape index (κ1) is 12.7. The molecule has 1 aliphatic rings. The normalized spacial score (nSPS) is 18.2. The van der Waals surface area contributed by atoms with Crippen LogP contribution in [0.2, 0.25) is 5.28 Å². The topological polar surface area (TPSA) is 67.7 Å². The lowest BCUT2D eigenvalue weighted by molar-refractivity contribution is -0.347. The summed E-state index contributed by atoms with van der Waals surface area (Å²) in [6.07, 6.45) is 10.8. The Balaban J connectivity index is 1.81. The molecule has 3 N–H and O–H groups in total. The van der Waals surface area contributed by atoms with Gasteiger partial charge in [0.2, 0.25) is 5.52 Å². The van der Waals surface area contributed by atoms with Crippen LogP contribution in [-0.4, -0.2) is 21.0 Å². The average molecular weight is 281 g/mol. The first-order valence-electron chi connectivity index (χ1n) is 7.02. The molecule has 0 aliphatic heterocycles. The van der Waals surface area contributed by atoms with Crippen molar-refractivity contribution in [2.45, 2.75) is 51.0 Å². The third-order valence-corrected chi connectivity index (χ3v) is 3.92. The van der Waals surface area contributed by atoms with Crippen molar-refractivity contribution < 1.29 is 4.98 Å². The van der Waals surface area contributed by atoms with E-state index in [1.807, 2.05) is 0 Å². The Hall–Kier alpha value is -1.36. The fourth-order valence-corrected chi connectivity index (χ4v) is 2.92. The lowest BCUT2D eigenvalue weighted by atomic mass is 9.97. The second kappa shape index (κ2) is 5.74. The van der Waals surface area contributed by atoms with Crippen molar-refractivity contribution in [3.63, 3.8) is 0 Å². The molecule has 1 fully saturated rings. The van der Waals surface area contributed by atoms with E-state index in [1.165, 1.54) is 44.9 Å². The second-order valence-corrected chi connectivity index (χ2v) is 5.52. The summed E-state index contributed by atoms with van der Waals surface area (Å²) >= 11 is 5.96. The summed E-state index contributed by atoms with van der Waals surface area (Å²) in [6.45, 7) is 0. The molecule has 2 heterocycles. The zero-order valence-electron chi connectivity index (χ0n) is 10.9. The first-order valence-corrected chi connectivity index (χ1v) is 7.39. The minimum absolute atomic E-state index is 0.275. The Morgan fingerprint density at radius 3 is 2.68 bits per heavy atom. The van der Waals surface area contributed by atoms with Crippen LogP contribution in [0, 0.1) is 0 Å². The van der Waals surface area contributed by atoms with Crippen LogP contribution in [0.3, 0.4) is 0 Å². The van der Waals surface area contributed by atoms with Crippen molar-refractivity contribution in [2.75, 3.05) is 5.32 Å². The maximum Gasteiger partial charge on any atom is 0.306 e. The summed E-state index contributed by atoms with van der Waals surface area (Å²) in [4.78, 5) is 14.6. The number of hydrogen-bond donors (Lipinski definition) is 2. The fourth-order valence-electron chi connectivity index (χ4n) is 2.75. The molecule has 0 unspecified atom stereocenters. The third kappa shape index (κ3) is 2.97. The molecule has 0 saturated heterocycles. The van der Waals surface area contributed by atoms with Crippen LogP contribution in [0.4, 0.5) is 5.82 Å². The number of anilines is 1. The zero-order valence-corrected chi connectivity index (χ0v) is 11.6. The number of aromatic amines is 2. The van der Waals surface area contributed by atoms with Crippen LogP contribution < -0.4 is 10.3 Å². The van der Waals surface area contributed by atoms with Gasteiger partial charge in [-0.15, -0.1) is 0 Å². The summed E-state index contributed by atoms with van der Waals surface area (Å²) in [5.74, 6) is 0.807. The van der Waals surface area contributed by atoms with Gasteiger partial charge in [0.25, 0.3) is 0 Å². The second-order valence-electron chi connectivity index (χ2n) is 5.18.